The second kappa shape index (κ2) is 16.5. The fourth-order valence-electron chi connectivity index (χ4n) is 4.73. The summed E-state index contributed by atoms with van der Waals surface area (Å²) in [6.45, 7) is 1.87. The van der Waals surface area contributed by atoms with Crippen molar-refractivity contribution in [1.82, 2.24) is 10.3 Å². The van der Waals surface area contributed by atoms with Gasteiger partial charge in [-0.25, -0.2) is 4.98 Å². The second-order valence-electron chi connectivity index (χ2n) is 10.5. The van der Waals surface area contributed by atoms with Gasteiger partial charge in [0.15, 0.2) is 16.6 Å². The Bertz CT molecular complexity index is 1960. The first-order valence-corrected chi connectivity index (χ1v) is 16.8. The fourth-order valence-corrected chi connectivity index (χ4v) is 6.50. The molecule has 250 valence electrons. The van der Waals surface area contributed by atoms with Crippen molar-refractivity contribution in [2.24, 2.45) is 0 Å². The molecule has 1 atom stereocenters. The van der Waals surface area contributed by atoms with E-state index in [0.717, 1.165) is 16.2 Å². The number of carbonyl (C=O) groups is 3. The van der Waals surface area contributed by atoms with Gasteiger partial charge in [0, 0.05) is 33.2 Å². The molecule has 0 spiro atoms. The Morgan fingerprint density at radius 1 is 0.796 bits per heavy atom. The zero-order valence-electron chi connectivity index (χ0n) is 27.2. The minimum atomic E-state index is -0.602. The lowest BCUT2D eigenvalue weighted by Crippen LogP contribution is -2.30. The molecular weight excluding hydrogens is 661 g/mol. The Hall–Kier alpha value is -5.59. The zero-order valence-corrected chi connectivity index (χ0v) is 28.8. The van der Waals surface area contributed by atoms with Crippen molar-refractivity contribution >= 4 is 57.7 Å². The normalized spacial score (nSPS) is 11.6. The Morgan fingerprint density at radius 3 is 2.12 bits per heavy atom. The van der Waals surface area contributed by atoms with E-state index < -0.39 is 17.1 Å². The number of amides is 3. The molecule has 0 aliphatic heterocycles. The molecule has 5 rings (SSSR count). The summed E-state index contributed by atoms with van der Waals surface area (Å²) in [4.78, 5) is 45.7. The number of thioether (sulfide) groups is 1. The van der Waals surface area contributed by atoms with Crippen molar-refractivity contribution in [3.8, 4) is 17.2 Å². The molecule has 0 saturated heterocycles. The molecule has 1 aromatic heterocycles. The van der Waals surface area contributed by atoms with Gasteiger partial charge in [-0.05, 0) is 55.0 Å². The molecule has 4 aromatic carbocycles. The highest BCUT2D eigenvalue weighted by atomic mass is 32.2. The van der Waals surface area contributed by atoms with Gasteiger partial charge in [0.2, 0.25) is 5.91 Å². The number of anilines is 2. The first kappa shape index (κ1) is 34.7. The number of nitrogens with one attached hydrogen (secondary N) is 3. The number of thiazole rings is 1. The van der Waals surface area contributed by atoms with Crippen LogP contribution in [0.1, 0.15) is 32.4 Å². The van der Waals surface area contributed by atoms with Crippen molar-refractivity contribution in [2.75, 3.05) is 32.0 Å². The molecule has 0 aliphatic rings. The number of nitrogens with zero attached hydrogens (tertiary/aromatic N) is 1. The first-order chi connectivity index (χ1) is 23.8. The van der Waals surface area contributed by atoms with Gasteiger partial charge in [0.1, 0.15) is 16.7 Å². The van der Waals surface area contributed by atoms with E-state index in [1.165, 1.54) is 50.5 Å². The van der Waals surface area contributed by atoms with Crippen LogP contribution in [0, 0.1) is 6.92 Å². The quantitative estimate of drug-likeness (QED) is 0.0862. The largest absolute Gasteiger partial charge is 0.496 e. The highest BCUT2D eigenvalue weighted by molar-refractivity contribution is 8.00. The molecule has 1 heterocycles. The van der Waals surface area contributed by atoms with Gasteiger partial charge in [0.25, 0.3) is 11.8 Å². The van der Waals surface area contributed by atoms with Crippen molar-refractivity contribution in [3.63, 3.8) is 0 Å². The highest BCUT2D eigenvalue weighted by Crippen LogP contribution is 2.38. The third-order valence-electron chi connectivity index (χ3n) is 7.10. The van der Waals surface area contributed by atoms with Crippen LogP contribution in [0.4, 0.5) is 10.8 Å². The number of rotatable bonds is 13. The van der Waals surface area contributed by atoms with Crippen LogP contribution >= 0.6 is 23.1 Å². The molecule has 0 aliphatic carbocycles. The summed E-state index contributed by atoms with van der Waals surface area (Å²) in [5.74, 6) is -0.0337. The average molecular weight is 695 g/mol. The van der Waals surface area contributed by atoms with E-state index in [9.17, 15) is 14.4 Å². The van der Waals surface area contributed by atoms with Crippen LogP contribution in [0.5, 0.6) is 17.2 Å². The maximum atomic E-state index is 13.9. The molecule has 0 saturated carbocycles. The zero-order chi connectivity index (χ0) is 34.8. The van der Waals surface area contributed by atoms with Crippen LogP contribution in [0.25, 0.3) is 6.08 Å². The topological polar surface area (TPSA) is 128 Å². The molecule has 10 nitrogen and oxygen atoms in total. The van der Waals surface area contributed by atoms with Crippen LogP contribution < -0.4 is 30.2 Å². The number of methoxy groups -OCH3 is 3. The molecule has 49 heavy (non-hydrogen) atoms. The highest BCUT2D eigenvalue weighted by Gasteiger charge is 2.24. The van der Waals surface area contributed by atoms with E-state index in [2.05, 4.69) is 20.9 Å². The molecule has 1 unspecified atom stereocenters. The van der Waals surface area contributed by atoms with Crippen LogP contribution in [0.2, 0.25) is 0 Å². The van der Waals surface area contributed by atoms with E-state index in [0.29, 0.717) is 39.2 Å². The maximum absolute atomic E-state index is 13.9. The Kier molecular flexibility index (Phi) is 11.7. The van der Waals surface area contributed by atoms with Gasteiger partial charge < -0.3 is 30.2 Å². The number of aryl methyl sites for hydroxylation is 1. The monoisotopic (exact) mass is 694 g/mol. The van der Waals surface area contributed by atoms with Crippen LogP contribution in [0.3, 0.4) is 0 Å². The van der Waals surface area contributed by atoms with E-state index in [-0.39, 0.29) is 11.6 Å². The van der Waals surface area contributed by atoms with E-state index in [1.54, 1.807) is 60.7 Å². The van der Waals surface area contributed by atoms with Gasteiger partial charge in [0.05, 0.1) is 27.0 Å². The summed E-state index contributed by atoms with van der Waals surface area (Å²) < 4.78 is 16.4. The average Bonchev–Trinajstić information content (AvgIpc) is 3.54. The van der Waals surface area contributed by atoms with Crippen LogP contribution in [0.15, 0.2) is 113 Å². The van der Waals surface area contributed by atoms with Crippen molar-refractivity contribution < 1.29 is 28.6 Å². The van der Waals surface area contributed by atoms with Gasteiger partial charge >= 0.3 is 0 Å². The lowest BCUT2D eigenvalue weighted by atomic mass is 10.1. The maximum Gasteiger partial charge on any atom is 0.272 e. The summed E-state index contributed by atoms with van der Waals surface area (Å²) in [7, 11) is 4.50. The molecular formula is C37H34N4O6S2. The Balaban J connectivity index is 1.43. The fraction of sp³-hybridized carbons (Fsp3) is 0.135. The number of benzene rings is 4. The molecule has 0 radical (unpaired) electrons. The third kappa shape index (κ3) is 9.06. The molecule has 5 aromatic rings. The standard InChI is InChI=1S/C37H34N4O6S2/c1-23-22-48-37(38-23)41-36(44)33(24-12-7-5-8-13-24)49-28-17-11-16-27(20-28)39-35(43)29(40-34(42)25-14-9-6-10-15-25)18-26-19-31(46-3)32(47-4)21-30(26)45-2/h5-22,33H,1-4H3,(H,39,43)(H,40,42)(H,38,41,44)/b29-18+. The minimum absolute atomic E-state index is 0.0438. The number of ether oxygens (including phenoxy) is 3. The predicted octanol–water partition coefficient (Wildman–Crippen LogP) is 7.36. The summed E-state index contributed by atoms with van der Waals surface area (Å²) in [6.07, 6.45) is 1.51. The van der Waals surface area contributed by atoms with Crippen LogP contribution in [-0.2, 0) is 9.59 Å². The lowest BCUT2D eigenvalue weighted by Gasteiger charge is -2.17. The number of aromatic nitrogens is 1. The second-order valence-corrected chi connectivity index (χ2v) is 12.5. The number of hydrogen-bond donors (Lipinski definition) is 3. The Labute approximate surface area is 292 Å². The Morgan fingerprint density at radius 2 is 1.47 bits per heavy atom. The molecule has 3 amide bonds. The summed E-state index contributed by atoms with van der Waals surface area (Å²) in [6, 6.07) is 28.4. The summed E-state index contributed by atoms with van der Waals surface area (Å²) >= 11 is 2.70. The number of hydrogen-bond acceptors (Lipinski definition) is 9. The van der Waals surface area contributed by atoms with E-state index >= 15 is 0 Å². The van der Waals surface area contributed by atoms with Gasteiger partial charge in [-0.2, -0.15) is 0 Å². The first-order valence-electron chi connectivity index (χ1n) is 15.0. The number of carbonyl (C=O) groups excluding carboxylic acids is 3. The molecule has 3 N–H and O–H groups in total. The van der Waals surface area contributed by atoms with Crippen molar-refractivity contribution in [3.05, 3.63) is 131 Å². The van der Waals surface area contributed by atoms with Gasteiger partial charge in [-0.15, -0.1) is 23.1 Å². The lowest BCUT2D eigenvalue weighted by molar-refractivity contribution is -0.116. The van der Waals surface area contributed by atoms with Gasteiger partial charge in [-0.1, -0.05) is 54.6 Å². The van der Waals surface area contributed by atoms with Crippen molar-refractivity contribution in [1.29, 1.82) is 0 Å². The minimum Gasteiger partial charge on any atom is -0.496 e. The van der Waals surface area contributed by atoms with E-state index in [4.69, 9.17) is 14.2 Å². The SMILES string of the molecule is COc1cc(OC)c(OC)cc1/C=C(/NC(=O)c1ccccc1)C(=O)Nc1cccc(SC(C(=O)Nc2nc(C)cs2)c2ccccc2)c1. The summed E-state index contributed by atoms with van der Waals surface area (Å²) in [5.41, 5.74) is 2.89. The summed E-state index contributed by atoms with van der Waals surface area (Å²) in [5, 5.41) is 10.4. The predicted molar refractivity (Wildman–Crippen MR) is 194 cm³/mol. The van der Waals surface area contributed by atoms with Crippen molar-refractivity contribution in [2.45, 2.75) is 17.1 Å². The van der Waals surface area contributed by atoms with E-state index in [1.807, 2.05) is 48.7 Å². The third-order valence-corrected chi connectivity index (χ3v) is 9.22. The smallest absolute Gasteiger partial charge is 0.272 e. The van der Waals surface area contributed by atoms with Crippen LogP contribution in [-0.4, -0.2) is 44.0 Å². The van der Waals surface area contributed by atoms with Gasteiger partial charge in [-0.3, -0.25) is 14.4 Å². The molecule has 0 fully saturated rings. The molecule has 12 heteroatoms. The molecule has 0 bridgehead atoms.